The Morgan fingerprint density at radius 2 is 1.42 bits per heavy atom. The van der Waals surface area contributed by atoms with E-state index < -0.39 is 0 Å². The lowest BCUT2D eigenvalue weighted by Crippen LogP contribution is -2.29. The zero-order valence-corrected chi connectivity index (χ0v) is 19.4. The Hall–Kier alpha value is -3.48. The molecule has 168 valence electrons. The van der Waals surface area contributed by atoms with Gasteiger partial charge in [-0.2, -0.15) is 0 Å². The fourth-order valence-corrected chi connectivity index (χ4v) is 3.52. The minimum atomic E-state index is -0.303. The molecule has 0 fully saturated rings. The smallest absolute Gasteiger partial charge is 0.257 e. The summed E-state index contributed by atoms with van der Waals surface area (Å²) >= 11 is 12.5. The van der Waals surface area contributed by atoms with Crippen LogP contribution in [-0.4, -0.2) is 11.0 Å². The molecule has 4 aromatic rings. The first-order valence-electron chi connectivity index (χ1n) is 10.2. The second-order valence-corrected chi connectivity index (χ2v) is 8.17. The van der Waals surface area contributed by atoms with Crippen molar-refractivity contribution < 1.29 is 19.0 Å². The van der Waals surface area contributed by atoms with Crippen LogP contribution in [-0.2, 0) is 20.3 Å². The van der Waals surface area contributed by atoms with Gasteiger partial charge in [-0.3, -0.25) is 4.79 Å². The van der Waals surface area contributed by atoms with Crippen molar-refractivity contribution in [3.63, 3.8) is 0 Å². The molecule has 0 aliphatic heterocycles. The largest absolute Gasteiger partial charge is 0.489 e. The summed E-state index contributed by atoms with van der Waals surface area (Å²) in [5, 5.41) is 7.06. The van der Waals surface area contributed by atoms with Crippen LogP contribution < -0.4 is 19.5 Å². The molecule has 3 aromatic carbocycles. The molecule has 0 spiro atoms. The average molecular weight is 483 g/mol. The van der Waals surface area contributed by atoms with Gasteiger partial charge in [0, 0.05) is 32.8 Å². The number of halogens is 2. The summed E-state index contributed by atoms with van der Waals surface area (Å²) in [6.07, 6.45) is 1.80. The fourth-order valence-electron chi connectivity index (χ4n) is 3.14. The topological polar surface area (TPSA) is 67.2 Å². The van der Waals surface area contributed by atoms with Crippen molar-refractivity contribution in [2.24, 2.45) is 7.05 Å². The number of nitrogens with zero attached hydrogens (tertiary/aromatic N) is 1. The summed E-state index contributed by atoms with van der Waals surface area (Å²) < 4.78 is 13.6. The molecule has 8 heteroatoms. The van der Waals surface area contributed by atoms with E-state index >= 15 is 0 Å². The molecule has 0 saturated heterocycles. The summed E-state index contributed by atoms with van der Waals surface area (Å²) in [6.45, 7) is 0.502. The van der Waals surface area contributed by atoms with E-state index in [1.807, 2.05) is 43.4 Å². The molecule has 4 rings (SSSR count). The Bertz CT molecular complexity index is 1210. The second-order valence-electron chi connectivity index (χ2n) is 7.36. The second kappa shape index (κ2) is 10.4. The standard InChI is InChI=1S/C25H21Cl2N3O3/c1-30-11-10-24(29-30)28-25(31)19-12-20(32-15-17-6-2-4-8-22(17)26)14-21(13-19)33-16-18-7-3-5-9-23(18)27/h2-14H,15-16H2,1H3,(H,28,29,31)/p+1. The number of ether oxygens (including phenoxy) is 2. The van der Waals surface area contributed by atoms with Crippen LogP contribution >= 0.6 is 23.2 Å². The normalized spacial score (nSPS) is 10.6. The number of aryl methyl sites for hydroxylation is 1. The van der Waals surface area contributed by atoms with E-state index in [1.165, 1.54) is 0 Å². The van der Waals surface area contributed by atoms with Crippen molar-refractivity contribution in [1.82, 2.24) is 5.10 Å². The number of hydrogen-bond donors (Lipinski definition) is 2. The minimum absolute atomic E-state index is 0.251. The predicted molar refractivity (Wildman–Crippen MR) is 128 cm³/mol. The summed E-state index contributed by atoms with van der Waals surface area (Å²) in [5.41, 5.74) is 2.07. The van der Waals surface area contributed by atoms with Gasteiger partial charge in [-0.1, -0.05) is 59.6 Å². The van der Waals surface area contributed by atoms with Gasteiger partial charge < -0.3 is 14.8 Å². The van der Waals surface area contributed by atoms with Crippen molar-refractivity contribution in [2.75, 3.05) is 5.32 Å². The van der Waals surface area contributed by atoms with Crippen molar-refractivity contribution in [2.45, 2.75) is 13.2 Å². The molecule has 0 bridgehead atoms. The molecule has 0 saturated carbocycles. The third-order valence-electron chi connectivity index (χ3n) is 4.86. The maximum Gasteiger partial charge on any atom is 0.257 e. The molecule has 0 aliphatic rings. The van der Waals surface area contributed by atoms with E-state index in [0.717, 1.165) is 11.1 Å². The van der Waals surface area contributed by atoms with E-state index in [2.05, 4.69) is 10.4 Å². The fraction of sp³-hybridized carbons (Fsp3) is 0.120. The first-order chi connectivity index (χ1) is 16.0. The number of carbonyl (C=O) groups is 1. The highest BCUT2D eigenvalue weighted by Crippen LogP contribution is 2.27. The van der Waals surface area contributed by atoms with E-state index in [4.69, 9.17) is 32.7 Å². The molecule has 1 amide bonds. The Morgan fingerprint density at radius 1 is 0.879 bits per heavy atom. The number of H-pyrrole nitrogens is 1. The van der Waals surface area contributed by atoms with Crippen molar-refractivity contribution in [3.8, 4) is 11.5 Å². The monoisotopic (exact) mass is 482 g/mol. The van der Waals surface area contributed by atoms with E-state index in [1.54, 1.807) is 47.3 Å². The third kappa shape index (κ3) is 6.06. The molecule has 1 aromatic heterocycles. The molecule has 0 atom stereocenters. The number of anilines is 1. The summed E-state index contributed by atoms with van der Waals surface area (Å²) in [7, 11) is 1.83. The maximum absolute atomic E-state index is 12.9. The highest BCUT2D eigenvalue weighted by Gasteiger charge is 2.14. The zero-order valence-electron chi connectivity index (χ0n) is 17.8. The highest BCUT2D eigenvalue weighted by molar-refractivity contribution is 6.31. The quantitative estimate of drug-likeness (QED) is 0.323. The van der Waals surface area contributed by atoms with Gasteiger partial charge >= 0.3 is 0 Å². The van der Waals surface area contributed by atoms with Crippen molar-refractivity contribution in [1.29, 1.82) is 0 Å². The van der Waals surface area contributed by atoms with Crippen LogP contribution in [0.15, 0.2) is 79.0 Å². The van der Waals surface area contributed by atoms with Gasteiger partial charge in [0.25, 0.3) is 5.91 Å². The first-order valence-corrected chi connectivity index (χ1v) is 11.0. The first kappa shape index (κ1) is 22.7. The number of nitrogens with one attached hydrogen (secondary N) is 2. The predicted octanol–water partition coefficient (Wildman–Crippen LogP) is 5.56. The molecule has 33 heavy (non-hydrogen) atoms. The molecule has 1 heterocycles. The number of rotatable bonds is 8. The minimum Gasteiger partial charge on any atom is -0.489 e. The molecule has 0 unspecified atom stereocenters. The molecule has 0 radical (unpaired) electrons. The zero-order chi connectivity index (χ0) is 23.2. The van der Waals surface area contributed by atoms with Crippen LogP contribution in [0.2, 0.25) is 10.0 Å². The van der Waals surface area contributed by atoms with Gasteiger partial charge in [0.1, 0.15) is 24.7 Å². The molecule has 2 N–H and O–H groups in total. The SMILES string of the molecule is C[n+]1ccc(NC(=O)c2cc(OCc3ccccc3Cl)cc(OCc3ccccc3Cl)c2)[nH]1. The average Bonchev–Trinajstić information content (AvgIpc) is 3.22. The lowest BCUT2D eigenvalue weighted by molar-refractivity contribution is -0.725. The van der Waals surface area contributed by atoms with Crippen LogP contribution in [0.1, 0.15) is 21.5 Å². The van der Waals surface area contributed by atoms with Gasteiger partial charge in [0.05, 0.1) is 6.07 Å². The van der Waals surface area contributed by atoms with Gasteiger partial charge in [0.2, 0.25) is 0 Å². The number of aromatic amines is 1. The number of benzene rings is 3. The van der Waals surface area contributed by atoms with E-state index in [-0.39, 0.29) is 19.1 Å². The summed E-state index contributed by atoms with van der Waals surface area (Å²) in [4.78, 5) is 12.9. The van der Waals surface area contributed by atoms with E-state index in [0.29, 0.717) is 32.9 Å². The molecule has 6 nitrogen and oxygen atoms in total. The van der Waals surface area contributed by atoms with Gasteiger partial charge in [0.15, 0.2) is 19.1 Å². The molecular weight excluding hydrogens is 461 g/mol. The number of hydrogen-bond acceptors (Lipinski definition) is 3. The lowest BCUT2D eigenvalue weighted by Gasteiger charge is -2.13. The van der Waals surface area contributed by atoms with Crippen LogP contribution in [0.4, 0.5) is 5.82 Å². The highest BCUT2D eigenvalue weighted by atomic mass is 35.5. The Labute approximate surface area is 201 Å². The number of carbonyl (C=O) groups excluding carboxylic acids is 1. The van der Waals surface area contributed by atoms with Crippen LogP contribution in [0.25, 0.3) is 0 Å². The van der Waals surface area contributed by atoms with E-state index in [9.17, 15) is 4.79 Å². The van der Waals surface area contributed by atoms with Gasteiger partial charge in [-0.05, 0) is 24.3 Å². The summed E-state index contributed by atoms with van der Waals surface area (Å²) in [6, 6.07) is 21.7. The molecule has 0 aliphatic carbocycles. The van der Waals surface area contributed by atoms with Crippen LogP contribution in [0.5, 0.6) is 11.5 Å². The van der Waals surface area contributed by atoms with Crippen LogP contribution in [0.3, 0.4) is 0 Å². The summed E-state index contributed by atoms with van der Waals surface area (Å²) in [5.74, 6) is 1.23. The lowest BCUT2D eigenvalue weighted by atomic mass is 10.1. The Kier molecular flexibility index (Phi) is 7.17. The Morgan fingerprint density at radius 3 is 1.91 bits per heavy atom. The third-order valence-corrected chi connectivity index (χ3v) is 5.59. The van der Waals surface area contributed by atoms with Gasteiger partial charge in [-0.25, -0.2) is 0 Å². The number of aromatic nitrogens is 2. The number of amides is 1. The maximum atomic E-state index is 12.9. The van der Waals surface area contributed by atoms with Crippen molar-refractivity contribution >= 4 is 34.9 Å². The van der Waals surface area contributed by atoms with Crippen molar-refractivity contribution in [3.05, 3.63) is 106 Å². The molecular formula is C25H22Cl2N3O3+. The van der Waals surface area contributed by atoms with Crippen LogP contribution in [0, 0.1) is 0 Å². The Balaban J connectivity index is 1.56. The van der Waals surface area contributed by atoms with Gasteiger partial charge in [-0.15, -0.1) is 9.78 Å².